The van der Waals surface area contributed by atoms with Crippen molar-refractivity contribution in [3.05, 3.63) is 59.9 Å². The van der Waals surface area contributed by atoms with Crippen LogP contribution in [0.5, 0.6) is 11.5 Å². The molecule has 0 radical (unpaired) electrons. The number of benzene rings is 2. The minimum Gasteiger partial charge on any atom is -0.457 e. The van der Waals surface area contributed by atoms with Gasteiger partial charge < -0.3 is 19.3 Å². The lowest BCUT2D eigenvalue weighted by Gasteiger charge is -2.22. The van der Waals surface area contributed by atoms with E-state index in [0.29, 0.717) is 30.1 Å². The van der Waals surface area contributed by atoms with Crippen LogP contribution < -0.4 is 4.74 Å². The fraction of sp³-hybridized carbons (Fsp3) is 0.391. The van der Waals surface area contributed by atoms with Gasteiger partial charge in [-0.25, -0.2) is 4.39 Å². The topological polar surface area (TPSA) is 47.9 Å². The van der Waals surface area contributed by atoms with Gasteiger partial charge in [0.2, 0.25) is 0 Å². The number of aliphatic hydroxyl groups is 1. The van der Waals surface area contributed by atoms with Crippen LogP contribution in [0, 0.1) is 17.7 Å². The first-order chi connectivity index (χ1) is 13.5. The highest BCUT2D eigenvalue weighted by Gasteiger charge is 2.20. The SMILES string of the molecule is CC(O)(C#CCCOC1CCCCO1)c1ccc(Oc2cccc(F)c2)cc1. The summed E-state index contributed by atoms with van der Waals surface area (Å²) >= 11 is 0. The Hall–Kier alpha value is -2.39. The van der Waals surface area contributed by atoms with Crippen molar-refractivity contribution >= 4 is 0 Å². The maximum Gasteiger partial charge on any atom is 0.157 e. The normalized spacial score (nSPS) is 18.6. The molecule has 1 saturated heterocycles. The van der Waals surface area contributed by atoms with Gasteiger partial charge in [0, 0.05) is 19.1 Å². The van der Waals surface area contributed by atoms with E-state index in [1.165, 1.54) is 12.1 Å². The van der Waals surface area contributed by atoms with E-state index in [1.54, 1.807) is 43.3 Å². The summed E-state index contributed by atoms with van der Waals surface area (Å²) in [6.45, 7) is 2.88. The lowest BCUT2D eigenvalue weighted by molar-refractivity contribution is -0.161. The summed E-state index contributed by atoms with van der Waals surface area (Å²) in [4.78, 5) is 0. The summed E-state index contributed by atoms with van der Waals surface area (Å²) in [7, 11) is 0. The molecule has 2 atom stereocenters. The molecule has 1 N–H and O–H groups in total. The predicted molar refractivity (Wildman–Crippen MR) is 104 cm³/mol. The fourth-order valence-corrected chi connectivity index (χ4v) is 2.90. The van der Waals surface area contributed by atoms with Gasteiger partial charge in [0.15, 0.2) is 6.29 Å². The van der Waals surface area contributed by atoms with Crippen LogP contribution in [0.25, 0.3) is 0 Å². The first-order valence-electron chi connectivity index (χ1n) is 9.52. The molecule has 1 fully saturated rings. The molecule has 1 aliphatic heterocycles. The standard InChI is InChI=1S/C23H25FO4/c1-23(25,14-3-5-16-27-22-9-2-4-15-26-22)18-10-12-20(13-11-18)28-21-8-6-7-19(24)17-21/h6-8,10-13,17,22,25H,2,4-5,9,15-16H2,1H3. The Morgan fingerprint density at radius 3 is 2.71 bits per heavy atom. The highest BCUT2D eigenvalue weighted by atomic mass is 19.1. The fourth-order valence-electron chi connectivity index (χ4n) is 2.90. The van der Waals surface area contributed by atoms with Gasteiger partial charge in [-0.2, -0.15) is 0 Å². The van der Waals surface area contributed by atoms with Crippen molar-refractivity contribution in [3.8, 4) is 23.3 Å². The molecule has 2 aromatic rings. The zero-order valence-electron chi connectivity index (χ0n) is 16.0. The average Bonchev–Trinajstić information content (AvgIpc) is 2.69. The molecule has 148 valence electrons. The van der Waals surface area contributed by atoms with Crippen LogP contribution in [0.3, 0.4) is 0 Å². The first-order valence-corrected chi connectivity index (χ1v) is 9.52. The van der Waals surface area contributed by atoms with E-state index in [9.17, 15) is 9.50 Å². The van der Waals surface area contributed by atoms with Gasteiger partial charge in [-0.3, -0.25) is 0 Å². The van der Waals surface area contributed by atoms with Crippen LogP contribution in [0.4, 0.5) is 4.39 Å². The molecule has 0 saturated carbocycles. The second-order valence-corrected chi connectivity index (χ2v) is 6.87. The maximum atomic E-state index is 13.2. The van der Waals surface area contributed by atoms with Gasteiger partial charge in [0.1, 0.15) is 22.9 Å². The summed E-state index contributed by atoms with van der Waals surface area (Å²) in [6.07, 6.45) is 3.55. The highest BCUT2D eigenvalue weighted by Crippen LogP contribution is 2.26. The molecule has 4 nitrogen and oxygen atoms in total. The Morgan fingerprint density at radius 2 is 2.00 bits per heavy atom. The summed E-state index contributed by atoms with van der Waals surface area (Å²) < 4.78 is 30.0. The van der Waals surface area contributed by atoms with Gasteiger partial charge in [-0.05, 0) is 56.0 Å². The van der Waals surface area contributed by atoms with E-state index in [1.807, 2.05) is 0 Å². The second-order valence-electron chi connectivity index (χ2n) is 6.87. The van der Waals surface area contributed by atoms with Crippen LogP contribution in [0.15, 0.2) is 48.5 Å². The number of rotatable bonds is 6. The van der Waals surface area contributed by atoms with Crippen LogP contribution in [-0.4, -0.2) is 24.6 Å². The summed E-state index contributed by atoms with van der Waals surface area (Å²) in [5.74, 6) is 6.47. The molecule has 5 heteroatoms. The third-order valence-electron chi connectivity index (χ3n) is 4.45. The molecule has 0 bridgehead atoms. The molecular formula is C23H25FO4. The van der Waals surface area contributed by atoms with Crippen LogP contribution >= 0.6 is 0 Å². The summed E-state index contributed by atoms with van der Waals surface area (Å²) in [6, 6.07) is 12.9. The molecule has 2 unspecified atom stereocenters. The lowest BCUT2D eigenvalue weighted by atomic mass is 9.96. The van der Waals surface area contributed by atoms with Crippen molar-refractivity contribution in [1.29, 1.82) is 0 Å². The van der Waals surface area contributed by atoms with Gasteiger partial charge >= 0.3 is 0 Å². The third kappa shape index (κ3) is 6.07. The lowest BCUT2D eigenvalue weighted by Crippen LogP contribution is -2.22. The average molecular weight is 384 g/mol. The monoisotopic (exact) mass is 384 g/mol. The van der Waals surface area contributed by atoms with E-state index < -0.39 is 5.60 Å². The van der Waals surface area contributed by atoms with Crippen molar-refractivity contribution in [1.82, 2.24) is 0 Å². The van der Waals surface area contributed by atoms with Crippen LogP contribution in [-0.2, 0) is 15.1 Å². The van der Waals surface area contributed by atoms with E-state index in [2.05, 4.69) is 11.8 Å². The third-order valence-corrected chi connectivity index (χ3v) is 4.45. The minimum atomic E-state index is -1.28. The maximum absolute atomic E-state index is 13.2. The summed E-state index contributed by atoms with van der Waals surface area (Å²) in [5, 5.41) is 10.6. The van der Waals surface area contributed by atoms with Crippen LogP contribution in [0.2, 0.25) is 0 Å². The highest BCUT2D eigenvalue weighted by molar-refractivity contribution is 5.37. The van der Waals surface area contributed by atoms with E-state index in [-0.39, 0.29) is 12.1 Å². The Labute approximate surface area is 165 Å². The zero-order valence-corrected chi connectivity index (χ0v) is 16.0. The Kier molecular flexibility index (Phi) is 7.05. The number of halogens is 1. The van der Waals surface area contributed by atoms with Crippen molar-refractivity contribution in [2.45, 2.75) is 44.5 Å². The quantitative estimate of drug-likeness (QED) is 0.576. The molecule has 0 spiro atoms. The zero-order chi connectivity index (χ0) is 19.8. The first kappa shape index (κ1) is 20.3. The predicted octanol–water partition coefficient (Wildman–Crippen LogP) is 4.76. The van der Waals surface area contributed by atoms with Crippen molar-refractivity contribution < 1.29 is 23.7 Å². The van der Waals surface area contributed by atoms with Crippen molar-refractivity contribution in [2.24, 2.45) is 0 Å². The number of hydrogen-bond donors (Lipinski definition) is 1. The Morgan fingerprint density at radius 1 is 1.18 bits per heavy atom. The molecular weight excluding hydrogens is 359 g/mol. The van der Waals surface area contributed by atoms with Crippen molar-refractivity contribution in [3.63, 3.8) is 0 Å². The molecule has 3 rings (SSSR count). The van der Waals surface area contributed by atoms with Crippen LogP contribution in [0.1, 0.15) is 38.2 Å². The van der Waals surface area contributed by atoms with E-state index >= 15 is 0 Å². The van der Waals surface area contributed by atoms with Crippen molar-refractivity contribution in [2.75, 3.05) is 13.2 Å². The second kappa shape index (κ2) is 9.70. The largest absolute Gasteiger partial charge is 0.457 e. The van der Waals surface area contributed by atoms with E-state index in [0.717, 1.165) is 25.9 Å². The molecule has 28 heavy (non-hydrogen) atoms. The number of ether oxygens (including phenoxy) is 3. The number of hydrogen-bond acceptors (Lipinski definition) is 4. The molecule has 2 aromatic carbocycles. The van der Waals surface area contributed by atoms with Gasteiger partial charge in [0.05, 0.1) is 6.61 Å². The van der Waals surface area contributed by atoms with E-state index in [4.69, 9.17) is 14.2 Å². The van der Waals surface area contributed by atoms with Gasteiger partial charge in [-0.15, -0.1) is 0 Å². The Balaban J connectivity index is 1.51. The molecule has 1 heterocycles. The van der Waals surface area contributed by atoms with Gasteiger partial charge in [0.25, 0.3) is 0 Å². The smallest absolute Gasteiger partial charge is 0.157 e. The van der Waals surface area contributed by atoms with Gasteiger partial charge in [-0.1, -0.05) is 30.0 Å². The molecule has 1 aliphatic rings. The summed E-state index contributed by atoms with van der Waals surface area (Å²) in [5.41, 5.74) is -0.623. The minimum absolute atomic E-state index is 0.123. The molecule has 0 aromatic heterocycles. The molecule has 0 aliphatic carbocycles. The molecule has 0 amide bonds. The Bertz CT molecular complexity index is 814.